The summed E-state index contributed by atoms with van der Waals surface area (Å²) in [6.07, 6.45) is 1.61. The van der Waals surface area contributed by atoms with Crippen LogP contribution in [0.15, 0.2) is 71.8 Å². The number of thioether (sulfide) groups is 1. The van der Waals surface area contributed by atoms with Gasteiger partial charge in [0.15, 0.2) is 0 Å². The van der Waals surface area contributed by atoms with Gasteiger partial charge >= 0.3 is 6.03 Å². The topological polar surface area (TPSA) is 74.3 Å². The lowest BCUT2D eigenvalue weighted by atomic mass is 10.1. The Kier molecular flexibility index (Phi) is 5.48. The zero-order valence-electron chi connectivity index (χ0n) is 15.9. The fourth-order valence-corrected chi connectivity index (χ4v) is 3.96. The quantitative estimate of drug-likeness (QED) is 0.663. The summed E-state index contributed by atoms with van der Waals surface area (Å²) in [5.41, 5.74) is 3.66. The van der Waals surface area contributed by atoms with Crippen LogP contribution in [0.3, 0.4) is 0 Å². The molecule has 2 heterocycles. The van der Waals surface area contributed by atoms with Crippen molar-refractivity contribution in [2.45, 2.75) is 18.4 Å². The Morgan fingerprint density at radius 1 is 1.10 bits per heavy atom. The zero-order chi connectivity index (χ0) is 20.2. The van der Waals surface area contributed by atoms with E-state index in [0.29, 0.717) is 23.8 Å². The number of anilines is 3. The summed E-state index contributed by atoms with van der Waals surface area (Å²) in [6.45, 7) is 2.53. The molecular formula is C22H20N4O2S. The summed E-state index contributed by atoms with van der Waals surface area (Å²) in [5, 5.41) is 5.50. The van der Waals surface area contributed by atoms with E-state index in [9.17, 15) is 9.59 Å². The third-order valence-electron chi connectivity index (χ3n) is 4.53. The number of carbonyl (C=O) groups excluding carboxylic acids is 2. The van der Waals surface area contributed by atoms with Gasteiger partial charge in [-0.25, -0.2) is 9.78 Å². The van der Waals surface area contributed by atoms with Gasteiger partial charge in [-0.1, -0.05) is 35.9 Å². The molecule has 2 N–H and O–H groups in total. The molecule has 0 saturated heterocycles. The molecule has 29 heavy (non-hydrogen) atoms. The number of amides is 3. The molecule has 3 aromatic rings. The lowest BCUT2D eigenvalue weighted by Gasteiger charge is -2.29. The number of fused-ring (bicyclic) bond motifs is 1. The van der Waals surface area contributed by atoms with Crippen LogP contribution in [0.4, 0.5) is 22.0 Å². The Hall–Kier alpha value is -3.32. The van der Waals surface area contributed by atoms with Crippen LogP contribution in [0.1, 0.15) is 11.1 Å². The Morgan fingerprint density at radius 2 is 1.93 bits per heavy atom. The van der Waals surface area contributed by atoms with Gasteiger partial charge in [0.05, 0.1) is 18.0 Å². The minimum atomic E-state index is -0.386. The number of hydrogen-bond donors (Lipinski definition) is 2. The van der Waals surface area contributed by atoms with E-state index in [4.69, 9.17) is 0 Å². The summed E-state index contributed by atoms with van der Waals surface area (Å²) in [4.78, 5) is 31.7. The van der Waals surface area contributed by atoms with E-state index in [-0.39, 0.29) is 11.9 Å². The highest BCUT2D eigenvalue weighted by Crippen LogP contribution is 2.38. The number of benzene rings is 2. The third-order valence-corrected chi connectivity index (χ3v) is 5.58. The lowest BCUT2D eigenvalue weighted by molar-refractivity contribution is -0.116. The minimum Gasteiger partial charge on any atom is -0.308 e. The van der Waals surface area contributed by atoms with Gasteiger partial charge in [0.25, 0.3) is 0 Å². The van der Waals surface area contributed by atoms with Crippen molar-refractivity contribution in [3.63, 3.8) is 0 Å². The standard InChI is InChI=1S/C22H20N4O2S/c1-15-5-7-16(8-6-15)13-26-18-12-17(9-10-19(18)29-14-21(26)27)24-22(28)25-20-4-2-3-11-23-20/h2-12H,13-14H2,1H3,(H2,23,24,25,28). The Morgan fingerprint density at radius 3 is 2.69 bits per heavy atom. The fourth-order valence-electron chi connectivity index (χ4n) is 3.04. The molecule has 2 aromatic carbocycles. The van der Waals surface area contributed by atoms with Crippen LogP contribution in [-0.2, 0) is 11.3 Å². The lowest BCUT2D eigenvalue weighted by Crippen LogP contribution is -2.34. The summed E-state index contributed by atoms with van der Waals surface area (Å²) in [5.74, 6) is 0.930. The first-order valence-corrected chi connectivity index (χ1v) is 10.2. The molecule has 3 amide bonds. The van der Waals surface area contributed by atoms with Crippen molar-refractivity contribution in [2.24, 2.45) is 0 Å². The summed E-state index contributed by atoms with van der Waals surface area (Å²) < 4.78 is 0. The van der Waals surface area contributed by atoms with Gasteiger partial charge < -0.3 is 10.2 Å². The van der Waals surface area contributed by atoms with E-state index in [0.717, 1.165) is 16.1 Å². The van der Waals surface area contributed by atoms with Crippen molar-refractivity contribution < 1.29 is 9.59 Å². The zero-order valence-corrected chi connectivity index (χ0v) is 16.7. The third kappa shape index (κ3) is 4.57. The monoisotopic (exact) mass is 404 g/mol. The average Bonchev–Trinajstić information content (AvgIpc) is 2.72. The van der Waals surface area contributed by atoms with E-state index >= 15 is 0 Å². The smallest absolute Gasteiger partial charge is 0.308 e. The first kappa shape index (κ1) is 19.0. The fraction of sp³-hybridized carbons (Fsp3) is 0.136. The Labute approximate surface area is 173 Å². The van der Waals surface area contributed by atoms with Gasteiger partial charge in [-0.3, -0.25) is 10.1 Å². The molecule has 0 fully saturated rings. The molecule has 1 aliphatic heterocycles. The van der Waals surface area contributed by atoms with Crippen LogP contribution < -0.4 is 15.5 Å². The van der Waals surface area contributed by atoms with Gasteiger partial charge in [0.2, 0.25) is 5.91 Å². The van der Waals surface area contributed by atoms with E-state index in [1.807, 2.05) is 49.4 Å². The number of carbonyl (C=O) groups is 2. The first-order chi connectivity index (χ1) is 14.1. The maximum atomic E-state index is 12.6. The number of rotatable bonds is 4. The number of hydrogen-bond acceptors (Lipinski definition) is 4. The molecule has 1 aliphatic rings. The van der Waals surface area contributed by atoms with Crippen LogP contribution in [0, 0.1) is 6.92 Å². The van der Waals surface area contributed by atoms with Crippen molar-refractivity contribution in [1.29, 1.82) is 0 Å². The number of pyridine rings is 1. The van der Waals surface area contributed by atoms with Crippen LogP contribution in [0.5, 0.6) is 0 Å². The molecular weight excluding hydrogens is 384 g/mol. The normalized spacial score (nSPS) is 13.0. The van der Waals surface area contributed by atoms with Crippen LogP contribution in [0.25, 0.3) is 0 Å². The minimum absolute atomic E-state index is 0.0539. The van der Waals surface area contributed by atoms with Crippen molar-refractivity contribution in [1.82, 2.24) is 4.98 Å². The van der Waals surface area contributed by atoms with Gasteiger partial charge in [0.1, 0.15) is 5.82 Å². The van der Waals surface area contributed by atoms with Crippen molar-refractivity contribution in [3.05, 3.63) is 78.0 Å². The molecule has 4 rings (SSSR count). The summed E-state index contributed by atoms with van der Waals surface area (Å²) in [6, 6.07) is 18.7. The maximum absolute atomic E-state index is 12.6. The molecule has 146 valence electrons. The molecule has 0 radical (unpaired) electrons. The number of urea groups is 1. The second-order valence-corrected chi connectivity index (χ2v) is 7.75. The summed E-state index contributed by atoms with van der Waals surface area (Å²) >= 11 is 1.51. The van der Waals surface area contributed by atoms with Gasteiger partial charge in [-0.05, 0) is 42.8 Å². The molecule has 0 unspecified atom stereocenters. The first-order valence-electron chi connectivity index (χ1n) is 9.20. The molecule has 0 bridgehead atoms. The Balaban J connectivity index is 1.53. The molecule has 6 nitrogen and oxygen atoms in total. The van der Waals surface area contributed by atoms with Crippen molar-refractivity contribution in [3.8, 4) is 0 Å². The maximum Gasteiger partial charge on any atom is 0.324 e. The van der Waals surface area contributed by atoms with Gasteiger partial charge in [0, 0.05) is 16.8 Å². The molecule has 7 heteroatoms. The summed E-state index contributed by atoms with van der Waals surface area (Å²) in [7, 11) is 0. The van der Waals surface area contributed by atoms with Crippen molar-refractivity contribution in [2.75, 3.05) is 21.3 Å². The molecule has 0 saturated carbocycles. The van der Waals surface area contributed by atoms with Crippen LogP contribution >= 0.6 is 11.8 Å². The van der Waals surface area contributed by atoms with Crippen LogP contribution in [-0.4, -0.2) is 22.7 Å². The van der Waals surface area contributed by atoms with Gasteiger partial charge in [-0.15, -0.1) is 11.8 Å². The number of nitrogens with one attached hydrogen (secondary N) is 2. The molecule has 0 spiro atoms. The van der Waals surface area contributed by atoms with E-state index in [1.54, 1.807) is 29.3 Å². The van der Waals surface area contributed by atoms with E-state index in [2.05, 4.69) is 15.6 Å². The highest BCUT2D eigenvalue weighted by molar-refractivity contribution is 8.00. The van der Waals surface area contributed by atoms with Crippen molar-refractivity contribution >= 4 is 40.9 Å². The predicted octanol–water partition coefficient (Wildman–Crippen LogP) is 4.67. The van der Waals surface area contributed by atoms with E-state index in [1.165, 1.54) is 17.3 Å². The second-order valence-electron chi connectivity index (χ2n) is 6.73. The van der Waals surface area contributed by atoms with Gasteiger partial charge in [-0.2, -0.15) is 0 Å². The molecule has 1 aromatic heterocycles. The molecule has 0 aliphatic carbocycles. The van der Waals surface area contributed by atoms with Crippen LogP contribution in [0.2, 0.25) is 0 Å². The number of aryl methyl sites for hydroxylation is 1. The Bertz CT molecular complexity index is 1040. The average molecular weight is 404 g/mol. The second kappa shape index (κ2) is 8.36. The predicted molar refractivity (Wildman–Crippen MR) is 116 cm³/mol. The SMILES string of the molecule is Cc1ccc(CN2C(=O)CSc3ccc(NC(=O)Nc4ccccn4)cc32)cc1. The number of nitrogens with zero attached hydrogens (tertiary/aromatic N) is 2. The number of aromatic nitrogens is 1. The van der Waals surface area contributed by atoms with E-state index < -0.39 is 0 Å². The largest absolute Gasteiger partial charge is 0.324 e. The highest BCUT2D eigenvalue weighted by atomic mass is 32.2. The molecule has 0 atom stereocenters. The highest BCUT2D eigenvalue weighted by Gasteiger charge is 2.25.